The lowest BCUT2D eigenvalue weighted by atomic mass is 10.1. The Balaban J connectivity index is 2.43. The molecule has 82 valence electrons. The molecule has 4 rings (SSSR count). The van der Waals surface area contributed by atoms with Crippen LogP contribution in [0.15, 0.2) is 47.3 Å². The molecule has 17 heavy (non-hydrogen) atoms. The first kappa shape index (κ1) is 9.47. The van der Waals surface area contributed by atoms with Gasteiger partial charge in [-0.3, -0.25) is 7.76 Å². The predicted molar refractivity (Wildman–Crippen MR) is 76.4 cm³/mol. The van der Waals surface area contributed by atoms with Gasteiger partial charge in [-0.05, 0) is 12.1 Å². The summed E-state index contributed by atoms with van der Waals surface area (Å²) in [5, 5.41) is 3.48. The van der Waals surface area contributed by atoms with Crippen molar-refractivity contribution in [3.05, 3.63) is 42.9 Å². The predicted octanol–water partition coefficient (Wildman–Crippen LogP) is 4.13. The maximum absolute atomic E-state index is 5.60. The minimum Gasteiger partial charge on any atom is -0.462 e. The summed E-state index contributed by atoms with van der Waals surface area (Å²) < 4.78 is 7.73. The summed E-state index contributed by atoms with van der Waals surface area (Å²) in [6.45, 7) is 0. The first-order chi connectivity index (χ1) is 8.36. The Bertz CT molecular complexity index is 860. The highest BCUT2D eigenvalue weighted by Gasteiger charge is 2.13. The van der Waals surface area contributed by atoms with E-state index in [0.29, 0.717) is 0 Å². The molecule has 0 spiro atoms. The van der Waals surface area contributed by atoms with Crippen LogP contribution >= 0.6 is 22.9 Å². The van der Waals surface area contributed by atoms with Crippen LogP contribution in [0.25, 0.3) is 32.8 Å². The van der Waals surface area contributed by atoms with Crippen molar-refractivity contribution in [3.63, 3.8) is 0 Å². The smallest absolute Gasteiger partial charge is 0.158 e. The van der Waals surface area contributed by atoms with Crippen molar-refractivity contribution in [1.29, 1.82) is 0 Å². The second-order valence-electron chi connectivity index (χ2n) is 3.97. The van der Waals surface area contributed by atoms with Gasteiger partial charge >= 0.3 is 0 Å². The minimum atomic E-state index is 0.938. The fraction of sp³-hybridized carbons (Fsp3) is 0. The zero-order valence-electron chi connectivity index (χ0n) is 8.72. The molecule has 0 saturated heterocycles. The normalized spacial score (nSPS) is 11.8. The molecule has 4 aromatic rings. The van der Waals surface area contributed by atoms with Crippen LogP contribution in [0.4, 0.5) is 0 Å². The van der Waals surface area contributed by atoms with E-state index in [-0.39, 0.29) is 0 Å². The molecule has 3 aromatic heterocycles. The second kappa shape index (κ2) is 3.22. The highest BCUT2D eigenvalue weighted by molar-refractivity contribution is 14.1. The number of hydrogen-bond donors (Lipinski definition) is 0. The third kappa shape index (κ3) is 1.13. The van der Waals surface area contributed by atoms with Gasteiger partial charge in [0.1, 0.15) is 5.52 Å². The summed E-state index contributed by atoms with van der Waals surface area (Å²) in [5.41, 5.74) is 3.23. The van der Waals surface area contributed by atoms with Gasteiger partial charge in [-0.15, -0.1) is 0 Å². The summed E-state index contributed by atoms with van der Waals surface area (Å²) in [6, 6.07) is 8.23. The quantitative estimate of drug-likeness (QED) is 0.453. The van der Waals surface area contributed by atoms with Crippen LogP contribution in [-0.2, 0) is 0 Å². The Hall–Kier alpha value is -1.56. The summed E-state index contributed by atoms with van der Waals surface area (Å²) in [4.78, 5) is 4.20. The number of pyridine rings is 1. The van der Waals surface area contributed by atoms with Crippen molar-refractivity contribution < 1.29 is 4.42 Å². The van der Waals surface area contributed by atoms with E-state index >= 15 is 0 Å². The van der Waals surface area contributed by atoms with Gasteiger partial charge in [0.2, 0.25) is 0 Å². The third-order valence-electron chi connectivity index (χ3n) is 3.09. The third-order valence-corrected chi connectivity index (χ3v) is 4.09. The van der Waals surface area contributed by atoms with Gasteiger partial charge in [-0.2, -0.15) is 0 Å². The van der Waals surface area contributed by atoms with Crippen molar-refractivity contribution in [2.24, 2.45) is 0 Å². The number of halogens is 1. The van der Waals surface area contributed by atoms with E-state index in [9.17, 15) is 0 Å². The number of nitrogens with zero attached hydrogens (tertiary/aromatic N) is 2. The Labute approximate surface area is 111 Å². The van der Waals surface area contributed by atoms with Crippen LogP contribution in [0, 0.1) is 0 Å². The molecule has 0 aliphatic heterocycles. The van der Waals surface area contributed by atoms with Crippen molar-refractivity contribution in [1.82, 2.24) is 7.76 Å². The van der Waals surface area contributed by atoms with E-state index in [2.05, 4.69) is 42.8 Å². The largest absolute Gasteiger partial charge is 0.462 e. The fourth-order valence-corrected chi connectivity index (χ4v) is 3.22. The Morgan fingerprint density at radius 3 is 3.00 bits per heavy atom. The summed E-state index contributed by atoms with van der Waals surface area (Å²) in [5.74, 6) is 0. The number of aromatic nitrogens is 2. The van der Waals surface area contributed by atoms with Crippen LogP contribution in [-0.4, -0.2) is 7.76 Å². The lowest BCUT2D eigenvalue weighted by Gasteiger charge is -1.95. The molecule has 0 fully saturated rings. The molecule has 0 amide bonds. The van der Waals surface area contributed by atoms with Crippen LogP contribution in [0.5, 0.6) is 0 Å². The van der Waals surface area contributed by atoms with E-state index < -0.39 is 0 Å². The van der Waals surface area contributed by atoms with Gasteiger partial charge < -0.3 is 4.42 Å². The number of rotatable bonds is 0. The lowest BCUT2D eigenvalue weighted by molar-refractivity contribution is 0.618. The van der Waals surface area contributed by atoms with Crippen LogP contribution < -0.4 is 0 Å². The monoisotopic (exact) mass is 334 g/mol. The number of fused-ring (bicyclic) bond motifs is 5. The first-order valence-electron chi connectivity index (χ1n) is 5.27. The van der Waals surface area contributed by atoms with Crippen LogP contribution in [0.2, 0.25) is 0 Å². The Morgan fingerprint density at radius 2 is 2.06 bits per heavy atom. The van der Waals surface area contributed by atoms with Gasteiger partial charge in [-0.25, -0.2) is 0 Å². The zero-order valence-corrected chi connectivity index (χ0v) is 10.9. The summed E-state index contributed by atoms with van der Waals surface area (Å²) in [6.07, 6.45) is 5.45. The van der Waals surface area contributed by atoms with Crippen LogP contribution in [0.3, 0.4) is 0 Å². The molecule has 0 bridgehead atoms. The van der Waals surface area contributed by atoms with E-state index in [0.717, 1.165) is 21.9 Å². The molecular weight excluding hydrogens is 327 g/mol. The highest BCUT2D eigenvalue weighted by Crippen LogP contribution is 2.35. The molecule has 0 N–H and O–H groups in total. The van der Waals surface area contributed by atoms with Gasteiger partial charge in [0.05, 0.1) is 34.6 Å². The Kier molecular flexibility index (Phi) is 1.80. The zero-order chi connectivity index (χ0) is 11.4. The van der Waals surface area contributed by atoms with E-state index in [1.54, 1.807) is 6.26 Å². The standard InChI is InChI=1S/C13H7IN2O/c14-16-11-3-5-15-7-10(11)9-2-1-8-4-6-17-13(8)12(9)16/h1-7H. The van der Waals surface area contributed by atoms with E-state index in [1.807, 2.05) is 24.5 Å². The van der Waals surface area contributed by atoms with Crippen molar-refractivity contribution in [2.75, 3.05) is 0 Å². The fourth-order valence-electron chi connectivity index (χ4n) is 2.32. The van der Waals surface area contributed by atoms with Crippen molar-refractivity contribution in [3.8, 4) is 0 Å². The number of furan rings is 1. The lowest BCUT2D eigenvalue weighted by Crippen LogP contribution is -1.78. The molecule has 4 heteroatoms. The molecule has 0 atom stereocenters. The molecule has 3 heterocycles. The van der Waals surface area contributed by atoms with Crippen molar-refractivity contribution >= 4 is 55.6 Å². The number of benzene rings is 1. The molecular formula is C13H7IN2O. The summed E-state index contributed by atoms with van der Waals surface area (Å²) in [7, 11) is 0. The molecule has 3 nitrogen and oxygen atoms in total. The second-order valence-corrected chi connectivity index (χ2v) is 4.94. The first-order valence-corrected chi connectivity index (χ1v) is 6.23. The molecule has 0 aliphatic rings. The average Bonchev–Trinajstić information content (AvgIpc) is 2.93. The van der Waals surface area contributed by atoms with Gasteiger partial charge in [-0.1, -0.05) is 12.1 Å². The SMILES string of the molecule is In1c2ccncc2c2ccc3ccoc3c21. The topological polar surface area (TPSA) is 31.0 Å². The molecule has 0 unspecified atom stereocenters. The van der Waals surface area contributed by atoms with Gasteiger partial charge in [0.15, 0.2) is 5.58 Å². The van der Waals surface area contributed by atoms with E-state index in [1.165, 1.54) is 10.9 Å². The molecule has 1 aromatic carbocycles. The van der Waals surface area contributed by atoms with E-state index in [4.69, 9.17) is 4.42 Å². The molecule has 0 radical (unpaired) electrons. The van der Waals surface area contributed by atoms with Crippen LogP contribution in [0.1, 0.15) is 0 Å². The summed E-state index contributed by atoms with van der Waals surface area (Å²) >= 11 is 2.31. The van der Waals surface area contributed by atoms with Gasteiger partial charge in [0, 0.05) is 28.6 Å². The number of hydrogen-bond acceptors (Lipinski definition) is 2. The van der Waals surface area contributed by atoms with Crippen molar-refractivity contribution in [2.45, 2.75) is 0 Å². The maximum Gasteiger partial charge on any atom is 0.158 e. The van der Waals surface area contributed by atoms with Gasteiger partial charge in [0.25, 0.3) is 0 Å². The molecule has 0 saturated carbocycles. The highest BCUT2D eigenvalue weighted by atomic mass is 127. The maximum atomic E-state index is 5.60. The average molecular weight is 334 g/mol. The minimum absolute atomic E-state index is 0.938. The molecule has 0 aliphatic carbocycles. The Morgan fingerprint density at radius 1 is 1.12 bits per heavy atom.